The molecule has 1 aromatic carbocycles. The highest BCUT2D eigenvalue weighted by molar-refractivity contribution is 14.0. The monoisotopic (exact) mass is 474 g/mol. The molecule has 7 heteroatoms. The third-order valence-electron chi connectivity index (χ3n) is 4.43. The Morgan fingerprint density at radius 3 is 2.62 bits per heavy atom. The Bertz CT molecular complexity index is 618. The lowest BCUT2D eigenvalue weighted by atomic mass is 10.1. The zero-order chi connectivity index (χ0) is 18.2. The van der Waals surface area contributed by atoms with Gasteiger partial charge in [-0.2, -0.15) is 0 Å². The lowest BCUT2D eigenvalue weighted by Gasteiger charge is -2.20. The number of aryl methyl sites for hydroxylation is 2. The molecule has 2 rings (SSSR count). The zero-order valence-corrected chi connectivity index (χ0v) is 18.4. The average molecular weight is 474 g/mol. The second-order valence-corrected chi connectivity index (χ2v) is 6.55. The quantitative estimate of drug-likeness (QED) is 0.323. The highest BCUT2D eigenvalue weighted by Gasteiger charge is 2.32. The lowest BCUT2D eigenvalue weighted by molar-refractivity contribution is 0.146. The van der Waals surface area contributed by atoms with Crippen molar-refractivity contribution >= 4 is 36.0 Å². The molecule has 1 saturated carbocycles. The Balaban J connectivity index is 0.00000338. The van der Waals surface area contributed by atoms with Crippen molar-refractivity contribution in [1.82, 2.24) is 16.0 Å². The van der Waals surface area contributed by atoms with Crippen molar-refractivity contribution in [2.24, 2.45) is 10.9 Å². The fourth-order valence-electron chi connectivity index (χ4n) is 2.81. The van der Waals surface area contributed by atoms with Gasteiger partial charge in [-0.15, -0.1) is 24.0 Å². The number of hydrogen-bond donors (Lipinski definition) is 3. The number of hydrogen-bond acceptors (Lipinski definition) is 3. The number of benzene rings is 1. The average Bonchev–Trinajstić information content (AvgIpc) is 3.40. The van der Waals surface area contributed by atoms with Crippen LogP contribution < -0.4 is 16.0 Å². The minimum Gasteiger partial charge on any atom is -0.450 e. The van der Waals surface area contributed by atoms with Gasteiger partial charge in [0.2, 0.25) is 0 Å². The van der Waals surface area contributed by atoms with E-state index in [1.54, 1.807) is 7.05 Å². The first kappa shape index (κ1) is 22.5. The van der Waals surface area contributed by atoms with Crippen molar-refractivity contribution in [1.29, 1.82) is 0 Å². The molecule has 0 bridgehead atoms. The smallest absolute Gasteiger partial charge is 0.407 e. The highest BCUT2D eigenvalue weighted by Crippen LogP contribution is 2.32. The van der Waals surface area contributed by atoms with Gasteiger partial charge < -0.3 is 20.7 Å². The molecule has 1 atom stereocenters. The molecule has 26 heavy (non-hydrogen) atoms. The second kappa shape index (κ2) is 11.3. The van der Waals surface area contributed by atoms with E-state index in [0.717, 1.165) is 18.8 Å². The van der Waals surface area contributed by atoms with Gasteiger partial charge in [0.05, 0.1) is 12.6 Å². The molecule has 146 valence electrons. The molecule has 1 unspecified atom stereocenters. The van der Waals surface area contributed by atoms with Crippen LogP contribution in [0.4, 0.5) is 4.79 Å². The summed E-state index contributed by atoms with van der Waals surface area (Å²) in [6, 6.07) is 6.51. The zero-order valence-electron chi connectivity index (χ0n) is 16.1. The molecule has 1 fully saturated rings. The molecule has 3 N–H and O–H groups in total. The Morgan fingerprint density at radius 1 is 1.31 bits per heavy atom. The van der Waals surface area contributed by atoms with Crippen LogP contribution in [0.15, 0.2) is 23.2 Å². The molecule has 0 spiro atoms. The summed E-state index contributed by atoms with van der Waals surface area (Å²) >= 11 is 0. The Labute approximate surface area is 173 Å². The van der Waals surface area contributed by atoms with Crippen LogP contribution in [0, 0.1) is 19.8 Å². The molecule has 1 aliphatic carbocycles. The Hall–Kier alpha value is -1.51. The molecule has 0 heterocycles. The van der Waals surface area contributed by atoms with Crippen LogP contribution in [-0.2, 0) is 11.3 Å². The minimum absolute atomic E-state index is 0. The molecular weight excluding hydrogens is 443 g/mol. The topological polar surface area (TPSA) is 74.8 Å². The first-order valence-electron chi connectivity index (χ1n) is 8.97. The largest absolute Gasteiger partial charge is 0.450 e. The number of carbonyl (C=O) groups is 1. The highest BCUT2D eigenvalue weighted by atomic mass is 127. The van der Waals surface area contributed by atoms with Gasteiger partial charge >= 0.3 is 6.09 Å². The summed E-state index contributed by atoms with van der Waals surface area (Å²) in [6.07, 6.45) is 1.94. The predicted octanol–water partition coefficient (Wildman–Crippen LogP) is 3.11. The molecule has 0 aliphatic heterocycles. The van der Waals surface area contributed by atoms with E-state index >= 15 is 0 Å². The molecule has 6 nitrogen and oxygen atoms in total. The number of amides is 1. The number of alkyl carbamates (subject to hydrolysis) is 1. The fraction of sp³-hybridized carbons (Fsp3) is 0.579. The number of aliphatic imine (C=N–C) groups is 1. The van der Waals surface area contributed by atoms with Gasteiger partial charge in [0.15, 0.2) is 5.96 Å². The van der Waals surface area contributed by atoms with Gasteiger partial charge in [0.1, 0.15) is 0 Å². The van der Waals surface area contributed by atoms with Crippen LogP contribution in [-0.4, -0.2) is 38.3 Å². The standard InChI is InChI=1S/C19H30N4O2.HI/c1-5-25-19(24)23-17(15-8-9-15)12-22-18(20-4)21-11-16-7-6-13(2)10-14(16)3;/h6-7,10,15,17H,5,8-9,11-12H2,1-4H3,(H,23,24)(H2,20,21,22);1H. The van der Waals surface area contributed by atoms with Crippen molar-refractivity contribution in [3.63, 3.8) is 0 Å². The van der Waals surface area contributed by atoms with Crippen LogP contribution in [0.2, 0.25) is 0 Å². The van der Waals surface area contributed by atoms with E-state index in [0.29, 0.717) is 25.6 Å². The van der Waals surface area contributed by atoms with Crippen LogP contribution >= 0.6 is 24.0 Å². The first-order chi connectivity index (χ1) is 12.0. The van der Waals surface area contributed by atoms with Gasteiger partial charge in [-0.05, 0) is 50.7 Å². The summed E-state index contributed by atoms with van der Waals surface area (Å²) in [6.45, 7) is 7.76. The van der Waals surface area contributed by atoms with Gasteiger partial charge in [0.25, 0.3) is 0 Å². The number of halogens is 1. The van der Waals surface area contributed by atoms with Crippen molar-refractivity contribution < 1.29 is 9.53 Å². The van der Waals surface area contributed by atoms with Gasteiger partial charge in [0, 0.05) is 20.1 Å². The molecule has 0 aromatic heterocycles. The number of rotatable bonds is 7. The Morgan fingerprint density at radius 2 is 2.04 bits per heavy atom. The summed E-state index contributed by atoms with van der Waals surface area (Å²) in [5, 5.41) is 9.58. The second-order valence-electron chi connectivity index (χ2n) is 6.55. The third-order valence-corrected chi connectivity index (χ3v) is 4.43. The third kappa shape index (κ3) is 7.39. The summed E-state index contributed by atoms with van der Waals surface area (Å²) < 4.78 is 4.99. The van der Waals surface area contributed by atoms with Crippen LogP contribution in [0.25, 0.3) is 0 Å². The van der Waals surface area contributed by atoms with E-state index in [4.69, 9.17) is 4.74 Å². The summed E-state index contributed by atoms with van der Waals surface area (Å²) in [4.78, 5) is 15.9. The molecule has 1 aromatic rings. The minimum atomic E-state index is -0.348. The van der Waals surface area contributed by atoms with Crippen molar-refractivity contribution in [3.05, 3.63) is 34.9 Å². The fourth-order valence-corrected chi connectivity index (χ4v) is 2.81. The summed E-state index contributed by atoms with van der Waals surface area (Å²) in [7, 11) is 1.75. The van der Waals surface area contributed by atoms with Crippen molar-refractivity contribution in [3.8, 4) is 0 Å². The van der Waals surface area contributed by atoms with E-state index in [2.05, 4.69) is 53.0 Å². The van der Waals surface area contributed by atoms with Gasteiger partial charge in [-0.3, -0.25) is 4.99 Å². The number of guanidine groups is 1. The van der Waals surface area contributed by atoms with Crippen molar-refractivity contribution in [2.75, 3.05) is 20.2 Å². The maximum absolute atomic E-state index is 11.7. The molecule has 1 amide bonds. The molecular formula is C19H31IN4O2. The molecule has 0 radical (unpaired) electrons. The first-order valence-corrected chi connectivity index (χ1v) is 8.97. The van der Waals surface area contributed by atoms with Gasteiger partial charge in [-0.1, -0.05) is 23.8 Å². The van der Waals surface area contributed by atoms with Crippen LogP contribution in [0.5, 0.6) is 0 Å². The lowest BCUT2D eigenvalue weighted by Crippen LogP contribution is -2.48. The van der Waals surface area contributed by atoms with Crippen LogP contribution in [0.3, 0.4) is 0 Å². The van der Waals surface area contributed by atoms with Crippen LogP contribution in [0.1, 0.15) is 36.5 Å². The maximum atomic E-state index is 11.7. The predicted molar refractivity (Wildman–Crippen MR) is 116 cm³/mol. The Kier molecular flexibility index (Phi) is 9.75. The molecule has 1 aliphatic rings. The van der Waals surface area contributed by atoms with E-state index in [1.165, 1.54) is 16.7 Å². The molecule has 0 saturated heterocycles. The number of nitrogens with zero attached hydrogens (tertiary/aromatic N) is 1. The number of nitrogens with one attached hydrogen (secondary N) is 3. The van der Waals surface area contributed by atoms with E-state index in [-0.39, 0.29) is 36.1 Å². The summed E-state index contributed by atoms with van der Waals surface area (Å²) in [5.41, 5.74) is 3.78. The van der Waals surface area contributed by atoms with E-state index < -0.39 is 0 Å². The van der Waals surface area contributed by atoms with E-state index in [1.807, 2.05) is 6.92 Å². The SMILES string of the molecule is CCOC(=O)NC(CNC(=NC)NCc1ccc(C)cc1C)C1CC1.I. The van der Waals surface area contributed by atoms with Crippen molar-refractivity contribution in [2.45, 2.75) is 46.2 Å². The van der Waals surface area contributed by atoms with Gasteiger partial charge in [-0.25, -0.2) is 4.79 Å². The number of ether oxygens (including phenoxy) is 1. The van der Waals surface area contributed by atoms with E-state index in [9.17, 15) is 4.79 Å². The number of carbonyl (C=O) groups excluding carboxylic acids is 1. The normalized spacial score (nSPS) is 14.8. The summed E-state index contributed by atoms with van der Waals surface area (Å²) in [5.74, 6) is 1.26. The maximum Gasteiger partial charge on any atom is 0.407 e.